The van der Waals surface area contributed by atoms with E-state index in [9.17, 15) is 4.79 Å². The Morgan fingerprint density at radius 3 is 2.94 bits per heavy atom. The third-order valence-corrected chi connectivity index (χ3v) is 1.98. The zero-order valence-corrected chi connectivity index (χ0v) is 9.88. The Kier molecular flexibility index (Phi) is 5.16. The van der Waals surface area contributed by atoms with Crippen LogP contribution in [0.1, 0.15) is 19.4 Å². The van der Waals surface area contributed by atoms with Crippen LogP contribution in [0.3, 0.4) is 0 Å². The Balaban J connectivity index is 2.67. The molecule has 0 saturated heterocycles. The van der Waals surface area contributed by atoms with E-state index in [-0.39, 0.29) is 0 Å². The number of carbonyl (C=O) groups excluding carboxylic acids is 1. The van der Waals surface area contributed by atoms with Gasteiger partial charge in [-0.3, -0.25) is 4.79 Å². The molecule has 0 radical (unpaired) electrons. The highest BCUT2D eigenvalue weighted by Gasteiger charge is 2.06. The number of amides is 1. The maximum Gasteiger partial charge on any atom is 0.268 e. The second-order valence-corrected chi connectivity index (χ2v) is 3.38. The second kappa shape index (κ2) is 6.65. The quantitative estimate of drug-likeness (QED) is 0.590. The van der Waals surface area contributed by atoms with E-state index in [1.54, 1.807) is 0 Å². The van der Waals surface area contributed by atoms with E-state index >= 15 is 0 Å². The van der Waals surface area contributed by atoms with Crippen LogP contribution in [0.4, 0.5) is 0 Å². The number of hydrogen-bond acceptors (Lipinski definition) is 4. The molecular weight excluding hydrogens is 220 g/mol. The van der Waals surface area contributed by atoms with Gasteiger partial charge in [-0.05, 0) is 26.0 Å². The minimum Gasteiger partial charge on any atom is -0.493 e. The smallest absolute Gasteiger partial charge is 0.268 e. The average molecular weight is 236 g/mol. The molecule has 1 aromatic rings. The zero-order chi connectivity index (χ0) is 12.7. The van der Waals surface area contributed by atoms with Crippen molar-refractivity contribution >= 4 is 12.1 Å². The molecule has 1 atom stereocenters. The predicted molar refractivity (Wildman–Crippen MR) is 65.0 cm³/mol. The van der Waals surface area contributed by atoms with Crippen LogP contribution in [0.5, 0.6) is 5.75 Å². The molecule has 17 heavy (non-hydrogen) atoms. The van der Waals surface area contributed by atoms with Crippen LogP contribution in [0.25, 0.3) is 0 Å². The molecule has 0 aliphatic carbocycles. The van der Waals surface area contributed by atoms with Crippen molar-refractivity contribution < 1.29 is 14.6 Å². The highest BCUT2D eigenvalue weighted by atomic mass is 16.5. The Hall–Kier alpha value is -1.88. The van der Waals surface area contributed by atoms with Crippen molar-refractivity contribution in [3.63, 3.8) is 0 Å². The fourth-order valence-corrected chi connectivity index (χ4v) is 1.13. The molecule has 0 aromatic heterocycles. The minimum absolute atomic E-state index is 0.546. The van der Waals surface area contributed by atoms with E-state index < -0.39 is 12.0 Å². The van der Waals surface area contributed by atoms with Crippen molar-refractivity contribution in [3.8, 4) is 5.75 Å². The highest BCUT2D eigenvalue weighted by molar-refractivity contribution is 5.86. The van der Waals surface area contributed by atoms with Crippen LogP contribution in [-0.4, -0.2) is 29.9 Å². The predicted octanol–water partition coefficient (Wildman–Crippen LogP) is 0.916. The number of aliphatic hydroxyl groups is 1. The van der Waals surface area contributed by atoms with Crippen molar-refractivity contribution in [2.24, 2.45) is 5.10 Å². The first-order chi connectivity index (χ1) is 8.15. The SMILES string of the molecule is CCOc1ccccc1/C=N/NC(=O)C(C)O. The summed E-state index contributed by atoms with van der Waals surface area (Å²) in [5, 5.41) is 12.7. The number of nitrogens with one attached hydrogen (secondary N) is 1. The van der Waals surface area contributed by atoms with Gasteiger partial charge in [-0.15, -0.1) is 0 Å². The molecule has 1 aromatic carbocycles. The number of ether oxygens (including phenoxy) is 1. The summed E-state index contributed by atoms with van der Waals surface area (Å²) in [7, 11) is 0. The van der Waals surface area contributed by atoms with E-state index in [0.29, 0.717) is 12.4 Å². The molecule has 0 spiro atoms. The third kappa shape index (κ3) is 4.24. The summed E-state index contributed by atoms with van der Waals surface area (Å²) in [6, 6.07) is 7.35. The van der Waals surface area contributed by atoms with Gasteiger partial charge in [0.15, 0.2) is 0 Å². The van der Waals surface area contributed by atoms with Gasteiger partial charge in [0.2, 0.25) is 0 Å². The van der Waals surface area contributed by atoms with E-state index in [0.717, 1.165) is 5.56 Å². The first-order valence-corrected chi connectivity index (χ1v) is 5.38. The number of para-hydroxylation sites is 1. The van der Waals surface area contributed by atoms with Gasteiger partial charge >= 0.3 is 0 Å². The number of rotatable bonds is 5. The van der Waals surface area contributed by atoms with Crippen molar-refractivity contribution in [3.05, 3.63) is 29.8 Å². The summed E-state index contributed by atoms with van der Waals surface area (Å²) in [6.45, 7) is 3.83. The van der Waals surface area contributed by atoms with Crippen LogP contribution in [0.15, 0.2) is 29.4 Å². The van der Waals surface area contributed by atoms with Gasteiger partial charge in [0.25, 0.3) is 5.91 Å². The van der Waals surface area contributed by atoms with Crippen molar-refractivity contribution in [2.45, 2.75) is 20.0 Å². The zero-order valence-electron chi connectivity index (χ0n) is 9.88. The first-order valence-electron chi connectivity index (χ1n) is 5.38. The van der Waals surface area contributed by atoms with Crippen LogP contribution < -0.4 is 10.2 Å². The summed E-state index contributed by atoms with van der Waals surface area (Å²) < 4.78 is 5.39. The van der Waals surface area contributed by atoms with Gasteiger partial charge in [0.1, 0.15) is 11.9 Å². The van der Waals surface area contributed by atoms with Gasteiger partial charge < -0.3 is 9.84 Å². The molecule has 0 aliphatic heterocycles. The number of benzene rings is 1. The Labute approximate surface area is 100 Å². The maximum absolute atomic E-state index is 11.0. The highest BCUT2D eigenvalue weighted by Crippen LogP contribution is 2.15. The summed E-state index contributed by atoms with van der Waals surface area (Å²) in [4.78, 5) is 11.0. The second-order valence-electron chi connectivity index (χ2n) is 3.38. The van der Waals surface area contributed by atoms with E-state index in [2.05, 4.69) is 10.5 Å². The number of hydrogen-bond donors (Lipinski definition) is 2. The lowest BCUT2D eigenvalue weighted by molar-refractivity contribution is -0.128. The summed E-state index contributed by atoms with van der Waals surface area (Å²) >= 11 is 0. The van der Waals surface area contributed by atoms with Crippen molar-refractivity contribution in [1.29, 1.82) is 0 Å². The molecule has 1 rings (SSSR count). The van der Waals surface area contributed by atoms with E-state index in [4.69, 9.17) is 9.84 Å². The molecule has 1 amide bonds. The molecule has 1 unspecified atom stereocenters. The Morgan fingerprint density at radius 1 is 1.59 bits per heavy atom. The van der Waals surface area contributed by atoms with E-state index in [1.165, 1.54) is 13.1 Å². The largest absolute Gasteiger partial charge is 0.493 e. The molecule has 2 N–H and O–H groups in total. The summed E-state index contributed by atoms with van der Waals surface area (Å²) in [5.41, 5.74) is 2.99. The number of carbonyl (C=O) groups is 1. The van der Waals surface area contributed by atoms with Crippen LogP contribution >= 0.6 is 0 Å². The van der Waals surface area contributed by atoms with Crippen molar-refractivity contribution in [1.82, 2.24) is 5.43 Å². The molecule has 0 heterocycles. The molecule has 0 bridgehead atoms. The molecule has 92 valence electrons. The Bertz CT molecular complexity index is 402. The molecular formula is C12H16N2O3. The lowest BCUT2D eigenvalue weighted by Gasteiger charge is -2.06. The average Bonchev–Trinajstić information content (AvgIpc) is 2.31. The molecule has 5 nitrogen and oxygen atoms in total. The Morgan fingerprint density at radius 2 is 2.29 bits per heavy atom. The number of nitrogens with zero attached hydrogens (tertiary/aromatic N) is 1. The molecule has 0 fully saturated rings. The molecule has 0 aliphatic rings. The van der Waals surface area contributed by atoms with Gasteiger partial charge in [0.05, 0.1) is 12.8 Å². The topological polar surface area (TPSA) is 70.9 Å². The summed E-state index contributed by atoms with van der Waals surface area (Å²) in [5.74, 6) is 0.153. The van der Waals surface area contributed by atoms with E-state index in [1.807, 2.05) is 31.2 Å². The summed E-state index contributed by atoms with van der Waals surface area (Å²) in [6.07, 6.45) is 0.403. The van der Waals surface area contributed by atoms with Crippen LogP contribution in [-0.2, 0) is 4.79 Å². The molecule has 5 heteroatoms. The fourth-order valence-electron chi connectivity index (χ4n) is 1.13. The molecule has 0 saturated carbocycles. The minimum atomic E-state index is -1.07. The van der Waals surface area contributed by atoms with Gasteiger partial charge in [-0.2, -0.15) is 5.10 Å². The van der Waals surface area contributed by atoms with Gasteiger partial charge in [-0.25, -0.2) is 5.43 Å². The lowest BCUT2D eigenvalue weighted by Crippen LogP contribution is -2.28. The van der Waals surface area contributed by atoms with Gasteiger partial charge in [0, 0.05) is 5.56 Å². The van der Waals surface area contributed by atoms with Gasteiger partial charge in [-0.1, -0.05) is 12.1 Å². The normalized spacial score (nSPS) is 12.4. The third-order valence-electron chi connectivity index (χ3n) is 1.98. The first kappa shape index (κ1) is 13.2. The monoisotopic (exact) mass is 236 g/mol. The van der Waals surface area contributed by atoms with Crippen LogP contribution in [0.2, 0.25) is 0 Å². The lowest BCUT2D eigenvalue weighted by atomic mass is 10.2. The maximum atomic E-state index is 11.0. The van der Waals surface area contributed by atoms with Crippen LogP contribution in [0, 0.1) is 0 Å². The number of aliphatic hydroxyl groups excluding tert-OH is 1. The number of hydrazone groups is 1. The fraction of sp³-hybridized carbons (Fsp3) is 0.333. The standard InChI is InChI=1S/C12H16N2O3/c1-3-17-11-7-5-4-6-10(11)8-13-14-12(16)9(2)15/h4-9,15H,3H2,1-2H3,(H,14,16)/b13-8+. The van der Waals surface area contributed by atoms with Crippen molar-refractivity contribution in [2.75, 3.05) is 6.61 Å².